The number of halogens is 3. The number of aryl methyl sites for hydroxylation is 2. The van der Waals surface area contributed by atoms with E-state index in [4.69, 9.17) is 0 Å². The maximum Gasteiger partial charge on any atom is 0.434 e. The number of likely N-dealkylation sites (tertiary alicyclic amines) is 1. The summed E-state index contributed by atoms with van der Waals surface area (Å²) in [5.41, 5.74) is 0.677. The molecule has 1 aliphatic heterocycles. The summed E-state index contributed by atoms with van der Waals surface area (Å²) in [5, 5.41) is 8.71. The van der Waals surface area contributed by atoms with Crippen molar-refractivity contribution in [1.82, 2.24) is 19.7 Å². The van der Waals surface area contributed by atoms with Gasteiger partial charge in [-0.3, -0.25) is 4.68 Å². The number of thiazole rings is 1. The molecule has 0 aromatic carbocycles. The molecule has 2 aromatic heterocycles. The molecule has 0 radical (unpaired) electrons. The number of nitrogens with zero attached hydrogens (tertiary/aromatic N) is 4. The highest BCUT2D eigenvalue weighted by molar-refractivity contribution is 7.09. The molecule has 3 rings (SSSR count). The molecule has 2 amide bonds. The minimum absolute atomic E-state index is 0.0373. The van der Waals surface area contributed by atoms with Gasteiger partial charge in [0.1, 0.15) is 0 Å². The zero-order valence-electron chi connectivity index (χ0n) is 14.5. The van der Waals surface area contributed by atoms with Crippen molar-refractivity contribution < 1.29 is 18.0 Å². The predicted octanol–water partition coefficient (Wildman–Crippen LogP) is 3.87. The van der Waals surface area contributed by atoms with Crippen LogP contribution in [0.1, 0.15) is 42.1 Å². The van der Waals surface area contributed by atoms with E-state index in [0.717, 1.165) is 22.4 Å². The zero-order valence-corrected chi connectivity index (χ0v) is 15.3. The fourth-order valence-corrected chi connectivity index (χ4v) is 4.03. The fraction of sp³-hybridized carbons (Fsp3) is 0.562. The van der Waals surface area contributed by atoms with E-state index in [9.17, 15) is 18.0 Å². The summed E-state index contributed by atoms with van der Waals surface area (Å²) in [7, 11) is 1.80. The topological polar surface area (TPSA) is 63.1 Å². The average Bonchev–Trinajstić information content (AvgIpc) is 3.21. The first-order valence-corrected chi connectivity index (χ1v) is 9.27. The maximum absolute atomic E-state index is 12.7. The molecule has 0 atom stereocenters. The maximum atomic E-state index is 12.7. The summed E-state index contributed by atoms with van der Waals surface area (Å²) in [6.45, 7) is 2.94. The van der Waals surface area contributed by atoms with Crippen LogP contribution in [0.4, 0.5) is 23.7 Å². The molecule has 26 heavy (non-hydrogen) atoms. The highest BCUT2D eigenvalue weighted by atomic mass is 32.1. The Morgan fingerprint density at radius 1 is 1.38 bits per heavy atom. The highest BCUT2D eigenvalue weighted by Crippen LogP contribution is 2.35. The SMILES string of the molecule is CCc1nn(C)cc1NC(=O)N1CCC(c2nc(C(F)(F)F)cs2)CC1. The molecule has 0 unspecified atom stereocenters. The lowest BCUT2D eigenvalue weighted by Crippen LogP contribution is -2.40. The molecule has 142 valence electrons. The van der Waals surface area contributed by atoms with Gasteiger partial charge < -0.3 is 10.2 Å². The summed E-state index contributed by atoms with van der Waals surface area (Å²) in [6, 6.07) is -0.207. The van der Waals surface area contributed by atoms with Crippen molar-refractivity contribution in [3.63, 3.8) is 0 Å². The van der Waals surface area contributed by atoms with Gasteiger partial charge in [0.2, 0.25) is 0 Å². The summed E-state index contributed by atoms with van der Waals surface area (Å²) in [4.78, 5) is 17.9. The molecule has 0 aliphatic carbocycles. The Morgan fingerprint density at radius 3 is 2.65 bits per heavy atom. The number of carbonyl (C=O) groups excluding carboxylic acids is 1. The number of nitrogens with one attached hydrogen (secondary N) is 1. The van der Waals surface area contributed by atoms with Gasteiger partial charge in [-0.1, -0.05) is 6.92 Å². The van der Waals surface area contributed by atoms with Gasteiger partial charge in [-0.05, 0) is 19.3 Å². The van der Waals surface area contributed by atoms with E-state index >= 15 is 0 Å². The number of alkyl halides is 3. The van der Waals surface area contributed by atoms with Crippen LogP contribution < -0.4 is 5.32 Å². The van der Waals surface area contributed by atoms with Crippen LogP contribution in [0.3, 0.4) is 0 Å². The summed E-state index contributed by atoms with van der Waals surface area (Å²) in [5.74, 6) is -0.0373. The van der Waals surface area contributed by atoms with E-state index < -0.39 is 11.9 Å². The van der Waals surface area contributed by atoms with Gasteiger partial charge in [-0.15, -0.1) is 11.3 Å². The number of hydrogen-bond acceptors (Lipinski definition) is 4. The normalized spacial score (nSPS) is 16.1. The quantitative estimate of drug-likeness (QED) is 0.870. The Hall–Kier alpha value is -2.10. The standard InChI is InChI=1S/C16H20F3N5OS/c1-3-11-12(8-23(2)22-11)20-15(25)24-6-4-10(5-7-24)14-21-13(9-26-14)16(17,18)19/h8-10H,3-7H2,1-2H3,(H,20,25). The molecule has 0 spiro atoms. The Morgan fingerprint density at radius 2 is 2.08 bits per heavy atom. The van der Waals surface area contributed by atoms with Crippen molar-refractivity contribution in [1.29, 1.82) is 0 Å². The largest absolute Gasteiger partial charge is 0.434 e. The summed E-state index contributed by atoms with van der Waals surface area (Å²) >= 11 is 1.04. The van der Waals surface area contributed by atoms with E-state index in [1.165, 1.54) is 0 Å². The Labute approximate surface area is 153 Å². The van der Waals surface area contributed by atoms with E-state index in [2.05, 4.69) is 15.4 Å². The molecule has 0 bridgehead atoms. The smallest absolute Gasteiger partial charge is 0.324 e. The monoisotopic (exact) mass is 387 g/mol. The molecular formula is C16H20F3N5OS. The molecule has 10 heteroatoms. The molecule has 0 saturated carbocycles. The molecule has 1 fully saturated rings. The lowest BCUT2D eigenvalue weighted by molar-refractivity contribution is -0.140. The van der Waals surface area contributed by atoms with Gasteiger partial charge in [0.05, 0.1) is 16.4 Å². The number of urea groups is 1. The second kappa shape index (κ2) is 7.26. The van der Waals surface area contributed by atoms with Gasteiger partial charge in [0, 0.05) is 37.6 Å². The Bertz CT molecular complexity index is 777. The summed E-state index contributed by atoms with van der Waals surface area (Å²) in [6.07, 6.45) is -0.727. The number of hydrogen-bond donors (Lipinski definition) is 1. The van der Waals surface area contributed by atoms with Crippen molar-refractivity contribution in [2.45, 2.75) is 38.3 Å². The number of aromatic nitrogens is 3. The molecule has 1 N–H and O–H groups in total. The van der Waals surface area contributed by atoms with Crippen molar-refractivity contribution >= 4 is 23.1 Å². The number of piperidine rings is 1. The Balaban J connectivity index is 1.58. The lowest BCUT2D eigenvalue weighted by atomic mass is 9.98. The molecule has 6 nitrogen and oxygen atoms in total. The minimum Gasteiger partial charge on any atom is -0.324 e. The fourth-order valence-electron chi connectivity index (χ4n) is 3.03. The van der Waals surface area contributed by atoms with Crippen LogP contribution in [-0.2, 0) is 19.6 Å². The molecule has 1 saturated heterocycles. The number of amides is 2. The van der Waals surface area contributed by atoms with Crippen LogP contribution in [0.5, 0.6) is 0 Å². The van der Waals surface area contributed by atoms with Crippen LogP contribution >= 0.6 is 11.3 Å². The summed E-state index contributed by atoms with van der Waals surface area (Å²) < 4.78 is 39.7. The van der Waals surface area contributed by atoms with Crippen molar-refractivity contribution in [2.24, 2.45) is 7.05 Å². The van der Waals surface area contributed by atoms with Gasteiger partial charge in [0.25, 0.3) is 0 Å². The van der Waals surface area contributed by atoms with Crippen LogP contribution in [0, 0.1) is 0 Å². The number of anilines is 1. The van der Waals surface area contributed by atoms with Crippen LogP contribution in [0.25, 0.3) is 0 Å². The van der Waals surface area contributed by atoms with Crippen molar-refractivity contribution in [3.8, 4) is 0 Å². The average molecular weight is 387 g/mol. The van der Waals surface area contributed by atoms with E-state index in [1.54, 1.807) is 22.8 Å². The third-order valence-corrected chi connectivity index (χ3v) is 5.43. The third-order valence-electron chi connectivity index (χ3n) is 4.43. The van der Waals surface area contributed by atoms with Crippen molar-refractivity contribution in [2.75, 3.05) is 18.4 Å². The van der Waals surface area contributed by atoms with Gasteiger partial charge in [0.15, 0.2) is 5.69 Å². The number of rotatable bonds is 3. The Kier molecular flexibility index (Phi) is 5.22. The van der Waals surface area contributed by atoms with Gasteiger partial charge >= 0.3 is 12.2 Å². The second-order valence-corrected chi connectivity index (χ2v) is 7.17. The van der Waals surface area contributed by atoms with Gasteiger partial charge in [-0.2, -0.15) is 18.3 Å². The molecular weight excluding hydrogens is 367 g/mol. The van der Waals surface area contributed by atoms with Crippen LogP contribution in [0.15, 0.2) is 11.6 Å². The first kappa shape index (κ1) is 18.7. The number of carbonyl (C=O) groups is 1. The van der Waals surface area contributed by atoms with Crippen LogP contribution in [-0.4, -0.2) is 38.8 Å². The molecule has 1 aliphatic rings. The minimum atomic E-state index is -4.41. The molecule has 2 aromatic rings. The van der Waals surface area contributed by atoms with E-state index in [1.807, 2.05) is 6.92 Å². The third kappa shape index (κ3) is 4.00. The molecule has 3 heterocycles. The first-order chi connectivity index (χ1) is 12.3. The van der Waals surface area contributed by atoms with E-state index in [0.29, 0.717) is 43.0 Å². The first-order valence-electron chi connectivity index (χ1n) is 8.39. The zero-order chi connectivity index (χ0) is 18.9. The van der Waals surface area contributed by atoms with E-state index in [-0.39, 0.29) is 11.9 Å². The van der Waals surface area contributed by atoms with Crippen molar-refractivity contribution in [3.05, 3.63) is 28.0 Å². The lowest BCUT2D eigenvalue weighted by Gasteiger charge is -2.31. The van der Waals surface area contributed by atoms with Gasteiger partial charge in [-0.25, -0.2) is 9.78 Å². The second-order valence-electron chi connectivity index (χ2n) is 6.28. The highest BCUT2D eigenvalue weighted by Gasteiger charge is 2.35. The van der Waals surface area contributed by atoms with Crippen LogP contribution in [0.2, 0.25) is 0 Å². The predicted molar refractivity (Wildman–Crippen MR) is 92.3 cm³/mol.